The Bertz CT molecular complexity index is 1250. The Labute approximate surface area is 231 Å². The summed E-state index contributed by atoms with van der Waals surface area (Å²) in [4.78, 5) is 33.3. The first-order chi connectivity index (χ1) is 18.7. The number of urea groups is 1. The van der Waals surface area contributed by atoms with Crippen LogP contribution in [0.25, 0.3) is 11.3 Å². The Morgan fingerprint density at radius 2 is 1.74 bits per heavy atom. The smallest absolute Gasteiger partial charge is 0.328 e. The van der Waals surface area contributed by atoms with Gasteiger partial charge in [0, 0.05) is 24.8 Å². The van der Waals surface area contributed by atoms with E-state index in [-0.39, 0.29) is 12.0 Å². The van der Waals surface area contributed by atoms with Gasteiger partial charge < -0.3 is 25.3 Å². The van der Waals surface area contributed by atoms with E-state index < -0.39 is 17.0 Å². The van der Waals surface area contributed by atoms with Crippen molar-refractivity contribution in [3.05, 3.63) is 78.2 Å². The standard InChI is InChI=1S/C31H41N5O3/c1-30(2,3)31(18-12-19-32,34-29(38)36-20-11-17-26(36)27(37)39-4)28-33-25(24-15-9-6-10-16-24)22-35(28)21-23-13-7-5-8-14-23/h5-10,13-16,22,26H,11-12,17-21,32H2,1-4H3,(H,34,38)/t26-,31-/m0/s1. The van der Waals surface area contributed by atoms with Crippen molar-refractivity contribution in [1.82, 2.24) is 19.8 Å². The lowest BCUT2D eigenvalue weighted by atomic mass is 9.70. The average Bonchev–Trinajstić information content (AvgIpc) is 3.59. The molecule has 0 saturated carbocycles. The van der Waals surface area contributed by atoms with Gasteiger partial charge in [0.1, 0.15) is 17.4 Å². The summed E-state index contributed by atoms with van der Waals surface area (Å²) in [6, 6.07) is 19.4. The summed E-state index contributed by atoms with van der Waals surface area (Å²) < 4.78 is 7.16. The normalized spacial score (nSPS) is 17.1. The van der Waals surface area contributed by atoms with Crippen molar-refractivity contribution in [3.8, 4) is 11.3 Å². The lowest BCUT2D eigenvalue weighted by molar-refractivity contribution is -0.145. The number of likely N-dealkylation sites (tertiary alicyclic amines) is 1. The Morgan fingerprint density at radius 3 is 2.36 bits per heavy atom. The van der Waals surface area contributed by atoms with Crippen molar-refractivity contribution in [3.63, 3.8) is 0 Å². The second kappa shape index (κ2) is 12.0. The summed E-state index contributed by atoms with van der Waals surface area (Å²) in [6.45, 7) is 7.93. The molecule has 39 heavy (non-hydrogen) atoms. The fourth-order valence-corrected chi connectivity index (χ4v) is 5.55. The van der Waals surface area contributed by atoms with Gasteiger partial charge in [-0.25, -0.2) is 14.6 Å². The zero-order chi connectivity index (χ0) is 28.0. The second-order valence-corrected chi connectivity index (χ2v) is 11.3. The van der Waals surface area contributed by atoms with E-state index in [1.165, 1.54) is 7.11 Å². The summed E-state index contributed by atoms with van der Waals surface area (Å²) in [6.07, 6.45) is 4.69. The zero-order valence-electron chi connectivity index (χ0n) is 23.5. The molecular formula is C31H41N5O3. The molecule has 3 aromatic rings. The van der Waals surface area contributed by atoms with Crippen molar-refractivity contribution < 1.29 is 14.3 Å². The molecular weight excluding hydrogens is 490 g/mol. The van der Waals surface area contributed by atoms with Gasteiger partial charge in [-0.05, 0) is 43.2 Å². The Hall–Kier alpha value is -3.65. The van der Waals surface area contributed by atoms with Crippen LogP contribution in [0, 0.1) is 5.41 Å². The molecule has 0 aliphatic carbocycles. The van der Waals surface area contributed by atoms with Crippen LogP contribution in [0.1, 0.15) is 57.8 Å². The first-order valence-corrected chi connectivity index (χ1v) is 13.7. The number of imidazole rings is 1. The number of carbonyl (C=O) groups is 2. The van der Waals surface area contributed by atoms with Crippen LogP contribution in [0.5, 0.6) is 0 Å². The van der Waals surface area contributed by atoms with Gasteiger partial charge >= 0.3 is 12.0 Å². The van der Waals surface area contributed by atoms with E-state index in [9.17, 15) is 9.59 Å². The highest BCUT2D eigenvalue weighted by Gasteiger charge is 2.49. The molecule has 2 atom stereocenters. The molecule has 2 amide bonds. The third-order valence-corrected chi connectivity index (χ3v) is 7.77. The topological polar surface area (TPSA) is 102 Å². The number of hydrogen-bond donors (Lipinski definition) is 2. The summed E-state index contributed by atoms with van der Waals surface area (Å²) in [7, 11) is 1.36. The van der Waals surface area contributed by atoms with Gasteiger partial charge in [-0.2, -0.15) is 0 Å². The van der Waals surface area contributed by atoms with Crippen molar-refractivity contribution in [2.45, 2.75) is 64.6 Å². The molecule has 8 nitrogen and oxygen atoms in total. The van der Waals surface area contributed by atoms with Crippen LogP contribution in [0.2, 0.25) is 0 Å². The molecule has 0 unspecified atom stereocenters. The van der Waals surface area contributed by atoms with Gasteiger partial charge in [-0.15, -0.1) is 0 Å². The zero-order valence-corrected chi connectivity index (χ0v) is 23.5. The average molecular weight is 532 g/mol. The van der Waals surface area contributed by atoms with Crippen LogP contribution in [-0.2, 0) is 21.6 Å². The summed E-state index contributed by atoms with van der Waals surface area (Å²) in [5.41, 5.74) is 7.71. The Morgan fingerprint density at radius 1 is 1.08 bits per heavy atom. The van der Waals surface area contributed by atoms with Crippen LogP contribution < -0.4 is 11.1 Å². The minimum absolute atomic E-state index is 0.287. The monoisotopic (exact) mass is 531 g/mol. The third kappa shape index (κ3) is 6.01. The lowest BCUT2D eigenvalue weighted by Gasteiger charge is -2.46. The third-order valence-electron chi connectivity index (χ3n) is 7.77. The lowest BCUT2D eigenvalue weighted by Crippen LogP contribution is -2.60. The van der Waals surface area contributed by atoms with Gasteiger partial charge in [0.2, 0.25) is 0 Å². The number of carbonyl (C=O) groups excluding carboxylic acids is 2. The number of esters is 1. The molecule has 0 radical (unpaired) electrons. The van der Waals surface area contributed by atoms with E-state index in [0.29, 0.717) is 38.9 Å². The fourth-order valence-electron chi connectivity index (χ4n) is 5.55. The molecule has 4 rings (SSSR count). The number of nitrogens with two attached hydrogens (primary N) is 1. The number of nitrogens with one attached hydrogen (secondary N) is 1. The van der Waals surface area contributed by atoms with Crippen LogP contribution in [0.4, 0.5) is 4.79 Å². The largest absolute Gasteiger partial charge is 0.467 e. The first-order valence-electron chi connectivity index (χ1n) is 13.7. The number of rotatable bonds is 9. The maximum atomic E-state index is 14.0. The maximum absolute atomic E-state index is 14.0. The first kappa shape index (κ1) is 28.4. The highest BCUT2D eigenvalue weighted by molar-refractivity contribution is 5.84. The highest BCUT2D eigenvalue weighted by Crippen LogP contribution is 2.44. The summed E-state index contributed by atoms with van der Waals surface area (Å²) in [5.74, 6) is 0.385. The van der Waals surface area contributed by atoms with E-state index in [4.69, 9.17) is 15.5 Å². The Kier molecular flexibility index (Phi) is 8.75. The molecule has 2 heterocycles. The van der Waals surface area contributed by atoms with Crippen LogP contribution in [0.3, 0.4) is 0 Å². The molecule has 0 spiro atoms. The predicted molar refractivity (Wildman–Crippen MR) is 153 cm³/mol. The minimum Gasteiger partial charge on any atom is -0.467 e. The number of ether oxygens (including phenoxy) is 1. The van der Waals surface area contributed by atoms with E-state index in [0.717, 1.165) is 29.1 Å². The molecule has 0 bridgehead atoms. The molecule has 1 aliphatic rings. The molecule has 1 fully saturated rings. The molecule has 1 aromatic heterocycles. The quantitative estimate of drug-likeness (QED) is 0.382. The van der Waals surface area contributed by atoms with Gasteiger partial charge in [0.05, 0.1) is 12.8 Å². The van der Waals surface area contributed by atoms with Crippen molar-refractivity contribution in [1.29, 1.82) is 0 Å². The molecule has 8 heteroatoms. The summed E-state index contributed by atoms with van der Waals surface area (Å²) >= 11 is 0. The van der Waals surface area contributed by atoms with Gasteiger partial charge in [0.15, 0.2) is 0 Å². The predicted octanol–water partition coefficient (Wildman–Crippen LogP) is 4.93. The van der Waals surface area contributed by atoms with E-state index in [2.05, 4.69) is 49.0 Å². The van der Waals surface area contributed by atoms with E-state index >= 15 is 0 Å². The summed E-state index contributed by atoms with van der Waals surface area (Å²) in [5, 5.41) is 3.40. The number of hydrogen-bond acceptors (Lipinski definition) is 5. The van der Waals surface area contributed by atoms with Crippen LogP contribution in [-0.4, -0.2) is 52.7 Å². The Balaban J connectivity index is 1.85. The number of methoxy groups -OCH3 is 1. The highest BCUT2D eigenvalue weighted by atomic mass is 16.5. The van der Waals surface area contributed by atoms with Gasteiger partial charge in [-0.1, -0.05) is 81.4 Å². The van der Waals surface area contributed by atoms with E-state index in [1.807, 2.05) is 48.5 Å². The van der Waals surface area contributed by atoms with Crippen LogP contribution in [0.15, 0.2) is 66.9 Å². The van der Waals surface area contributed by atoms with Crippen molar-refractivity contribution in [2.75, 3.05) is 20.2 Å². The molecule has 1 saturated heterocycles. The second-order valence-electron chi connectivity index (χ2n) is 11.3. The minimum atomic E-state index is -0.867. The van der Waals surface area contributed by atoms with Crippen LogP contribution >= 0.6 is 0 Å². The number of aromatic nitrogens is 2. The molecule has 3 N–H and O–H groups in total. The van der Waals surface area contributed by atoms with E-state index in [1.54, 1.807) is 4.90 Å². The number of benzene rings is 2. The maximum Gasteiger partial charge on any atom is 0.328 e. The number of nitrogens with zero attached hydrogens (tertiary/aromatic N) is 3. The number of amides is 2. The molecule has 2 aromatic carbocycles. The van der Waals surface area contributed by atoms with Gasteiger partial charge in [-0.3, -0.25) is 0 Å². The molecule has 1 aliphatic heterocycles. The van der Waals surface area contributed by atoms with Crippen molar-refractivity contribution in [2.24, 2.45) is 11.1 Å². The molecule has 208 valence electrons. The van der Waals surface area contributed by atoms with Crippen molar-refractivity contribution >= 4 is 12.0 Å². The SMILES string of the molecule is COC(=O)[C@@H]1CCCN1C(=O)N[C@@](CCCN)(c1nc(-c2ccccc2)cn1Cc1ccccc1)C(C)(C)C. The van der Waals surface area contributed by atoms with Gasteiger partial charge in [0.25, 0.3) is 0 Å². The fraction of sp³-hybridized carbons (Fsp3) is 0.452.